The zero-order valence-corrected chi connectivity index (χ0v) is 12.5. The summed E-state index contributed by atoms with van der Waals surface area (Å²) in [4.78, 5) is 18.1. The van der Waals surface area contributed by atoms with E-state index in [9.17, 15) is 4.79 Å². The number of carbonyl (C=O) groups is 1. The molecule has 4 nitrogen and oxygen atoms in total. The largest absolute Gasteiger partial charge is 0.454 e. The van der Waals surface area contributed by atoms with Crippen LogP contribution in [-0.4, -0.2) is 35.5 Å². The number of aromatic nitrogens is 1. The first-order valence-electron chi connectivity index (χ1n) is 7.49. The van der Waals surface area contributed by atoms with E-state index in [0.717, 1.165) is 38.0 Å². The van der Waals surface area contributed by atoms with Crippen LogP contribution in [0.5, 0.6) is 0 Å². The Morgan fingerprint density at radius 1 is 1.45 bits per heavy atom. The molecular formula is C16H24N2O2. The highest BCUT2D eigenvalue weighted by Gasteiger charge is 2.39. The summed E-state index contributed by atoms with van der Waals surface area (Å²) in [7, 11) is 0. The molecule has 0 radical (unpaired) electrons. The minimum atomic E-state index is -0.483. The van der Waals surface area contributed by atoms with E-state index >= 15 is 0 Å². The van der Waals surface area contributed by atoms with Crippen molar-refractivity contribution in [3.8, 4) is 0 Å². The Hall–Kier alpha value is -1.42. The summed E-state index contributed by atoms with van der Waals surface area (Å²) in [5.74, 6) is -0.212. The van der Waals surface area contributed by atoms with Gasteiger partial charge >= 0.3 is 5.97 Å². The van der Waals surface area contributed by atoms with Crippen molar-refractivity contribution >= 4 is 5.97 Å². The zero-order chi connectivity index (χ0) is 14.4. The number of carbonyl (C=O) groups excluding carboxylic acids is 1. The Bertz CT molecular complexity index is 425. The molecule has 0 bridgehead atoms. The van der Waals surface area contributed by atoms with Crippen molar-refractivity contribution in [3.05, 3.63) is 30.1 Å². The molecule has 0 N–H and O–H groups in total. The fraction of sp³-hybridized carbons (Fsp3) is 0.625. The number of nitrogens with zero attached hydrogens (tertiary/aromatic N) is 2. The van der Waals surface area contributed by atoms with Crippen molar-refractivity contribution in [1.82, 2.24) is 9.88 Å². The van der Waals surface area contributed by atoms with E-state index in [0.29, 0.717) is 0 Å². The Balaban J connectivity index is 2.09. The number of esters is 1. The second kappa shape index (κ2) is 6.84. The maximum Gasteiger partial charge on any atom is 0.303 e. The van der Waals surface area contributed by atoms with Gasteiger partial charge in [-0.3, -0.25) is 9.78 Å². The molecule has 0 spiro atoms. The number of rotatable bonds is 5. The molecule has 0 amide bonds. The molecule has 110 valence electrons. The van der Waals surface area contributed by atoms with E-state index in [-0.39, 0.29) is 5.97 Å². The van der Waals surface area contributed by atoms with Gasteiger partial charge in [-0.25, -0.2) is 0 Å². The van der Waals surface area contributed by atoms with Gasteiger partial charge in [-0.2, -0.15) is 0 Å². The standard InChI is InChI=1S/C16H24N2O2/c1-3-4-10-18-11-7-16(8-12-18,20-14(2)19)15-6-5-9-17-13-15/h5-6,9,13H,3-4,7-8,10-12H2,1-2H3. The lowest BCUT2D eigenvalue weighted by Gasteiger charge is -2.41. The lowest BCUT2D eigenvalue weighted by Crippen LogP contribution is -2.45. The quantitative estimate of drug-likeness (QED) is 0.776. The molecule has 0 aliphatic carbocycles. The number of ether oxygens (including phenoxy) is 1. The molecule has 1 aromatic rings. The van der Waals surface area contributed by atoms with Crippen molar-refractivity contribution in [2.75, 3.05) is 19.6 Å². The molecule has 1 fully saturated rings. The SMILES string of the molecule is CCCCN1CCC(OC(C)=O)(c2cccnc2)CC1. The van der Waals surface area contributed by atoms with Gasteiger partial charge in [0.1, 0.15) is 5.60 Å². The minimum Gasteiger partial charge on any atom is -0.454 e. The predicted octanol–water partition coefficient (Wildman–Crippen LogP) is 2.74. The summed E-state index contributed by atoms with van der Waals surface area (Å²) in [5, 5.41) is 0. The minimum absolute atomic E-state index is 0.212. The summed E-state index contributed by atoms with van der Waals surface area (Å²) >= 11 is 0. The van der Waals surface area contributed by atoms with Crippen LogP contribution in [0.25, 0.3) is 0 Å². The van der Waals surface area contributed by atoms with E-state index in [1.165, 1.54) is 19.8 Å². The van der Waals surface area contributed by atoms with Crippen LogP contribution in [0.3, 0.4) is 0 Å². The van der Waals surface area contributed by atoms with Gasteiger partial charge in [0, 0.05) is 50.8 Å². The highest BCUT2D eigenvalue weighted by Crippen LogP contribution is 2.36. The van der Waals surface area contributed by atoms with E-state index in [1.54, 1.807) is 6.20 Å². The van der Waals surface area contributed by atoms with E-state index in [1.807, 2.05) is 18.3 Å². The van der Waals surface area contributed by atoms with Crippen molar-refractivity contribution in [2.24, 2.45) is 0 Å². The highest BCUT2D eigenvalue weighted by atomic mass is 16.6. The van der Waals surface area contributed by atoms with Crippen molar-refractivity contribution in [1.29, 1.82) is 0 Å². The number of hydrogen-bond acceptors (Lipinski definition) is 4. The number of hydrogen-bond donors (Lipinski definition) is 0. The number of piperidine rings is 1. The van der Waals surface area contributed by atoms with Crippen LogP contribution in [0, 0.1) is 0 Å². The molecule has 1 saturated heterocycles. The summed E-state index contributed by atoms with van der Waals surface area (Å²) in [6.07, 6.45) is 7.72. The molecule has 1 aliphatic rings. The van der Waals surface area contributed by atoms with Crippen LogP contribution >= 0.6 is 0 Å². The molecule has 1 aliphatic heterocycles. The van der Waals surface area contributed by atoms with Gasteiger partial charge in [0.25, 0.3) is 0 Å². The lowest BCUT2D eigenvalue weighted by molar-refractivity contribution is -0.164. The zero-order valence-electron chi connectivity index (χ0n) is 12.5. The topological polar surface area (TPSA) is 42.4 Å². The molecule has 4 heteroatoms. The second-order valence-corrected chi connectivity index (χ2v) is 5.52. The van der Waals surface area contributed by atoms with Crippen LogP contribution in [-0.2, 0) is 15.1 Å². The van der Waals surface area contributed by atoms with Crippen LogP contribution in [0.1, 0.15) is 45.1 Å². The maximum atomic E-state index is 11.5. The number of likely N-dealkylation sites (tertiary alicyclic amines) is 1. The first kappa shape index (κ1) is 15.0. The van der Waals surface area contributed by atoms with Gasteiger partial charge in [0.2, 0.25) is 0 Å². The fourth-order valence-electron chi connectivity index (χ4n) is 2.88. The normalized spacial score (nSPS) is 18.7. The van der Waals surface area contributed by atoms with Gasteiger partial charge in [-0.05, 0) is 19.0 Å². The molecular weight excluding hydrogens is 252 g/mol. The Morgan fingerprint density at radius 2 is 2.20 bits per heavy atom. The van der Waals surface area contributed by atoms with E-state index < -0.39 is 5.60 Å². The monoisotopic (exact) mass is 276 g/mol. The van der Waals surface area contributed by atoms with Gasteiger partial charge in [0.05, 0.1) is 0 Å². The van der Waals surface area contributed by atoms with Crippen LogP contribution in [0.15, 0.2) is 24.5 Å². The van der Waals surface area contributed by atoms with Crippen LogP contribution in [0.4, 0.5) is 0 Å². The summed E-state index contributed by atoms with van der Waals surface area (Å²) in [5.41, 5.74) is 0.536. The molecule has 0 aromatic carbocycles. The molecule has 2 heterocycles. The first-order valence-corrected chi connectivity index (χ1v) is 7.49. The first-order chi connectivity index (χ1) is 9.66. The average molecular weight is 276 g/mol. The Morgan fingerprint density at radius 3 is 2.75 bits per heavy atom. The highest BCUT2D eigenvalue weighted by molar-refractivity contribution is 5.66. The van der Waals surface area contributed by atoms with Gasteiger partial charge in [0.15, 0.2) is 0 Å². The third kappa shape index (κ3) is 3.57. The third-order valence-electron chi connectivity index (χ3n) is 4.02. The Kier molecular flexibility index (Phi) is 5.12. The predicted molar refractivity (Wildman–Crippen MR) is 78.3 cm³/mol. The van der Waals surface area contributed by atoms with Crippen LogP contribution in [0.2, 0.25) is 0 Å². The van der Waals surface area contributed by atoms with E-state index in [2.05, 4.69) is 16.8 Å². The van der Waals surface area contributed by atoms with Crippen molar-refractivity contribution in [2.45, 2.75) is 45.1 Å². The van der Waals surface area contributed by atoms with Crippen LogP contribution < -0.4 is 0 Å². The summed E-state index contributed by atoms with van der Waals surface area (Å²) in [6, 6.07) is 3.92. The Labute approximate surface area is 121 Å². The average Bonchev–Trinajstić information content (AvgIpc) is 2.47. The van der Waals surface area contributed by atoms with Crippen molar-refractivity contribution < 1.29 is 9.53 Å². The second-order valence-electron chi connectivity index (χ2n) is 5.52. The number of unbranched alkanes of at least 4 members (excludes halogenated alkanes) is 1. The third-order valence-corrected chi connectivity index (χ3v) is 4.02. The van der Waals surface area contributed by atoms with Gasteiger partial charge in [-0.15, -0.1) is 0 Å². The summed E-state index contributed by atoms with van der Waals surface area (Å²) in [6.45, 7) is 6.79. The molecule has 0 unspecified atom stereocenters. The van der Waals surface area contributed by atoms with Crippen molar-refractivity contribution in [3.63, 3.8) is 0 Å². The smallest absolute Gasteiger partial charge is 0.303 e. The molecule has 20 heavy (non-hydrogen) atoms. The lowest BCUT2D eigenvalue weighted by atomic mass is 9.85. The number of pyridine rings is 1. The molecule has 0 atom stereocenters. The molecule has 0 saturated carbocycles. The van der Waals surface area contributed by atoms with Gasteiger partial charge in [-0.1, -0.05) is 19.4 Å². The van der Waals surface area contributed by atoms with Gasteiger partial charge < -0.3 is 9.64 Å². The van der Waals surface area contributed by atoms with E-state index in [4.69, 9.17) is 4.74 Å². The molecule has 2 rings (SSSR count). The fourth-order valence-corrected chi connectivity index (χ4v) is 2.88. The summed E-state index contributed by atoms with van der Waals surface area (Å²) < 4.78 is 5.71. The maximum absolute atomic E-state index is 11.5. The molecule has 1 aromatic heterocycles.